The number of nitrogens with zero attached hydrogens (tertiary/aromatic N) is 2. The van der Waals surface area contributed by atoms with E-state index in [1.165, 1.54) is 12.8 Å². The van der Waals surface area contributed by atoms with Crippen molar-refractivity contribution in [3.8, 4) is 11.5 Å². The van der Waals surface area contributed by atoms with Crippen LogP contribution in [0.4, 0.5) is 0 Å². The SMILES string of the molecule is CN(C)CCN(C(=O)Cc1ccc2c(c1)OCCO2)C1CCCC1. The molecule has 1 fully saturated rings. The molecular formula is C19H28N2O3. The summed E-state index contributed by atoms with van der Waals surface area (Å²) in [5.41, 5.74) is 0.997. The lowest BCUT2D eigenvalue weighted by molar-refractivity contribution is -0.132. The highest BCUT2D eigenvalue weighted by atomic mass is 16.6. The maximum atomic E-state index is 12.9. The number of carbonyl (C=O) groups excluding carboxylic acids is 1. The van der Waals surface area contributed by atoms with Gasteiger partial charge in [-0.3, -0.25) is 4.79 Å². The summed E-state index contributed by atoms with van der Waals surface area (Å²) in [7, 11) is 4.11. The van der Waals surface area contributed by atoms with E-state index in [1.807, 2.05) is 18.2 Å². The first kappa shape index (κ1) is 17.1. The second-order valence-corrected chi connectivity index (χ2v) is 6.98. The van der Waals surface area contributed by atoms with E-state index >= 15 is 0 Å². The third kappa shape index (κ3) is 4.20. The van der Waals surface area contributed by atoms with E-state index in [0.717, 1.165) is 43.0 Å². The van der Waals surface area contributed by atoms with E-state index in [9.17, 15) is 4.79 Å². The van der Waals surface area contributed by atoms with Crippen molar-refractivity contribution < 1.29 is 14.3 Å². The van der Waals surface area contributed by atoms with Gasteiger partial charge >= 0.3 is 0 Å². The summed E-state index contributed by atoms with van der Waals surface area (Å²) in [5.74, 6) is 1.75. The van der Waals surface area contributed by atoms with Gasteiger partial charge in [-0.2, -0.15) is 0 Å². The molecule has 0 radical (unpaired) electrons. The highest BCUT2D eigenvalue weighted by molar-refractivity contribution is 5.79. The molecule has 0 unspecified atom stereocenters. The second kappa shape index (κ2) is 7.88. The summed E-state index contributed by atoms with van der Waals surface area (Å²) in [6, 6.07) is 6.25. The van der Waals surface area contributed by atoms with Crippen LogP contribution in [-0.4, -0.2) is 62.1 Å². The van der Waals surface area contributed by atoms with Crippen molar-refractivity contribution >= 4 is 5.91 Å². The van der Waals surface area contributed by atoms with Crippen LogP contribution in [-0.2, 0) is 11.2 Å². The van der Waals surface area contributed by atoms with Crippen LogP contribution in [0.5, 0.6) is 11.5 Å². The Morgan fingerprint density at radius 1 is 1.08 bits per heavy atom. The smallest absolute Gasteiger partial charge is 0.227 e. The highest BCUT2D eigenvalue weighted by Crippen LogP contribution is 2.31. The van der Waals surface area contributed by atoms with Crippen molar-refractivity contribution in [3.05, 3.63) is 23.8 Å². The first-order valence-electron chi connectivity index (χ1n) is 8.96. The zero-order chi connectivity index (χ0) is 16.9. The normalized spacial score (nSPS) is 17.3. The molecule has 1 saturated carbocycles. The molecule has 132 valence electrons. The molecule has 1 amide bonds. The van der Waals surface area contributed by atoms with Gasteiger partial charge in [0, 0.05) is 19.1 Å². The van der Waals surface area contributed by atoms with E-state index in [1.54, 1.807) is 0 Å². The predicted octanol–water partition coefficient (Wildman–Crippen LogP) is 2.33. The lowest BCUT2D eigenvalue weighted by atomic mass is 10.1. The first-order chi connectivity index (χ1) is 11.6. The monoisotopic (exact) mass is 332 g/mol. The Bertz CT molecular complexity index is 568. The van der Waals surface area contributed by atoms with E-state index in [0.29, 0.717) is 25.7 Å². The fraction of sp³-hybridized carbons (Fsp3) is 0.632. The van der Waals surface area contributed by atoms with Gasteiger partial charge in [-0.25, -0.2) is 0 Å². The molecule has 0 atom stereocenters. The molecular weight excluding hydrogens is 304 g/mol. The zero-order valence-corrected chi connectivity index (χ0v) is 14.8. The summed E-state index contributed by atoms with van der Waals surface area (Å²) in [6.45, 7) is 2.87. The lowest BCUT2D eigenvalue weighted by Gasteiger charge is -2.30. The molecule has 5 nitrogen and oxygen atoms in total. The molecule has 3 rings (SSSR count). The van der Waals surface area contributed by atoms with Gasteiger partial charge in [0.1, 0.15) is 13.2 Å². The quantitative estimate of drug-likeness (QED) is 0.802. The van der Waals surface area contributed by atoms with Crippen LogP contribution >= 0.6 is 0 Å². The van der Waals surface area contributed by atoms with Gasteiger partial charge in [-0.05, 0) is 44.6 Å². The molecule has 24 heavy (non-hydrogen) atoms. The summed E-state index contributed by atoms with van der Waals surface area (Å²) in [4.78, 5) is 17.2. The molecule has 0 N–H and O–H groups in total. The number of hydrogen-bond acceptors (Lipinski definition) is 4. The van der Waals surface area contributed by atoms with Crippen LogP contribution in [0.25, 0.3) is 0 Å². The maximum Gasteiger partial charge on any atom is 0.227 e. The minimum absolute atomic E-state index is 0.223. The fourth-order valence-corrected chi connectivity index (χ4v) is 3.51. The van der Waals surface area contributed by atoms with Crippen molar-refractivity contribution in [2.45, 2.75) is 38.1 Å². The van der Waals surface area contributed by atoms with E-state index in [2.05, 4.69) is 23.9 Å². The average molecular weight is 332 g/mol. The molecule has 0 bridgehead atoms. The van der Waals surface area contributed by atoms with E-state index in [4.69, 9.17) is 9.47 Å². The summed E-state index contributed by atoms with van der Waals surface area (Å²) in [6.07, 6.45) is 5.18. The Labute approximate surface area is 144 Å². The average Bonchev–Trinajstić information content (AvgIpc) is 3.09. The first-order valence-corrected chi connectivity index (χ1v) is 8.96. The van der Waals surface area contributed by atoms with Crippen LogP contribution in [0.2, 0.25) is 0 Å². The predicted molar refractivity (Wildman–Crippen MR) is 93.7 cm³/mol. The van der Waals surface area contributed by atoms with Gasteiger partial charge in [-0.1, -0.05) is 18.9 Å². The molecule has 0 spiro atoms. The van der Waals surface area contributed by atoms with Gasteiger partial charge in [0.15, 0.2) is 11.5 Å². The van der Waals surface area contributed by atoms with Gasteiger partial charge in [0.25, 0.3) is 0 Å². The molecule has 0 saturated heterocycles. The molecule has 1 heterocycles. The Balaban J connectivity index is 1.67. The van der Waals surface area contributed by atoms with Crippen LogP contribution in [0.3, 0.4) is 0 Å². The molecule has 1 aliphatic carbocycles. The molecule has 1 aliphatic heterocycles. The topological polar surface area (TPSA) is 42.0 Å². The number of amides is 1. The van der Waals surface area contributed by atoms with Crippen LogP contribution in [0, 0.1) is 0 Å². The number of likely N-dealkylation sites (N-methyl/N-ethyl adjacent to an activating group) is 1. The number of carbonyl (C=O) groups is 1. The Morgan fingerprint density at radius 3 is 2.50 bits per heavy atom. The second-order valence-electron chi connectivity index (χ2n) is 6.98. The third-order valence-corrected chi connectivity index (χ3v) is 4.84. The molecule has 5 heteroatoms. The molecule has 1 aromatic rings. The molecule has 1 aromatic carbocycles. The summed E-state index contributed by atoms with van der Waals surface area (Å²) < 4.78 is 11.2. The maximum absolute atomic E-state index is 12.9. The van der Waals surface area contributed by atoms with Crippen molar-refractivity contribution in [2.75, 3.05) is 40.4 Å². The van der Waals surface area contributed by atoms with Crippen LogP contribution < -0.4 is 9.47 Å². The van der Waals surface area contributed by atoms with Gasteiger partial charge < -0.3 is 19.3 Å². The zero-order valence-electron chi connectivity index (χ0n) is 14.8. The molecule has 2 aliphatic rings. The van der Waals surface area contributed by atoms with Crippen LogP contribution in [0.1, 0.15) is 31.2 Å². The minimum Gasteiger partial charge on any atom is -0.486 e. The number of rotatable bonds is 6. The Kier molecular flexibility index (Phi) is 5.61. The van der Waals surface area contributed by atoms with Crippen molar-refractivity contribution in [1.29, 1.82) is 0 Å². The number of ether oxygens (including phenoxy) is 2. The minimum atomic E-state index is 0.223. The molecule has 0 aromatic heterocycles. The van der Waals surface area contributed by atoms with E-state index in [-0.39, 0.29) is 5.91 Å². The standard InChI is InChI=1S/C19H28N2O3/c1-20(2)9-10-21(16-5-3-4-6-16)19(22)14-15-7-8-17-18(13-15)24-12-11-23-17/h7-8,13,16H,3-6,9-12,14H2,1-2H3. The fourth-order valence-electron chi connectivity index (χ4n) is 3.51. The Hall–Kier alpha value is -1.75. The Morgan fingerprint density at radius 2 is 1.79 bits per heavy atom. The van der Waals surface area contributed by atoms with Crippen molar-refractivity contribution in [3.63, 3.8) is 0 Å². The van der Waals surface area contributed by atoms with Crippen molar-refractivity contribution in [2.24, 2.45) is 0 Å². The highest BCUT2D eigenvalue weighted by Gasteiger charge is 2.26. The van der Waals surface area contributed by atoms with Crippen LogP contribution in [0.15, 0.2) is 18.2 Å². The van der Waals surface area contributed by atoms with E-state index < -0.39 is 0 Å². The van der Waals surface area contributed by atoms with Gasteiger partial charge in [-0.15, -0.1) is 0 Å². The van der Waals surface area contributed by atoms with Gasteiger partial charge in [0.2, 0.25) is 5.91 Å². The van der Waals surface area contributed by atoms with Crippen molar-refractivity contribution in [1.82, 2.24) is 9.80 Å². The number of fused-ring (bicyclic) bond motifs is 1. The third-order valence-electron chi connectivity index (χ3n) is 4.84. The summed E-state index contributed by atoms with van der Waals surface area (Å²) in [5, 5.41) is 0. The number of benzene rings is 1. The summed E-state index contributed by atoms with van der Waals surface area (Å²) >= 11 is 0. The largest absolute Gasteiger partial charge is 0.486 e. The number of hydrogen-bond donors (Lipinski definition) is 0. The van der Waals surface area contributed by atoms with Gasteiger partial charge in [0.05, 0.1) is 6.42 Å². The lowest BCUT2D eigenvalue weighted by Crippen LogP contribution is -2.43.